The molecule has 0 aliphatic rings. The van der Waals surface area contributed by atoms with Crippen LogP contribution in [0.25, 0.3) is 0 Å². The van der Waals surface area contributed by atoms with Crippen LogP contribution in [0.5, 0.6) is 0 Å². The molecule has 1 atom stereocenters. The number of carbonyl (C=O) groups is 2. The summed E-state index contributed by atoms with van der Waals surface area (Å²) in [6, 6.07) is -0.865. The molecule has 16 heavy (non-hydrogen) atoms. The van der Waals surface area contributed by atoms with Gasteiger partial charge in [-0.1, -0.05) is 5.21 Å². The summed E-state index contributed by atoms with van der Waals surface area (Å²) in [6.07, 6.45) is 0. The summed E-state index contributed by atoms with van der Waals surface area (Å²) in [5.41, 5.74) is 0.434. The molecule has 1 unspecified atom stereocenters. The minimum Gasteiger partial charge on any atom is -0.480 e. The lowest BCUT2D eigenvalue weighted by atomic mass is 10.3. The average molecular weight is 227 g/mol. The van der Waals surface area contributed by atoms with Crippen LogP contribution < -0.4 is 0 Å². The maximum atomic E-state index is 11.4. The second kappa shape index (κ2) is 4.73. The van der Waals surface area contributed by atoms with E-state index in [9.17, 15) is 9.59 Å². The van der Waals surface area contributed by atoms with E-state index in [1.807, 2.05) is 0 Å². The van der Waals surface area contributed by atoms with Crippen LogP contribution in [-0.4, -0.2) is 38.6 Å². The Bertz CT molecular complexity index is 413. The van der Waals surface area contributed by atoms with Crippen LogP contribution in [0.15, 0.2) is 0 Å². The number of carbonyl (C=O) groups excluding carboxylic acids is 1. The monoisotopic (exact) mass is 227 g/mol. The highest BCUT2D eigenvalue weighted by molar-refractivity contribution is 5.88. The SMILES string of the molecule is CCOC(=O)c1nnn(C(C)C(=O)O)c1C. The van der Waals surface area contributed by atoms with Crippen molar-refractivity contribution in [2.24, 2.45) is 0 Å². The van der Waals surface area contributed by atoms with Crippen LogP contribution >= 0.6 is 0 Å². The van der Waals surface area contributed by atoms with Crippen molar-refractivity contribution in [1.82, 2.24) is 15.0 Å². The zero-order valence-electron chi connectivity index (χ0n) is 9.30. The highest BCUT2D eigenvalue weighted by atomic mass is 16.5. The number of ether oxygens (including phenoxy) is 1. The van der Waals surface area contributed by atoms with Gasteiger partial charge in [-0.2, -0.15) is 0 Å². The Morgan fingerprint density at radius 2 is 2.19 bits per heavy atom. The van der Waals surface area contributed by atoms with E-state index in [1.165, 1.54) is 11.6 Å². The summed E-state index contributed by atoms with van der Waals surface area (Å²) in [4.78, 5) is 22.1. The molecule has 0 bridgehead atoms. The van der Waals surface area contributed by atoms with Gasteiger partial charge in [0.1, 0.15) is 6.04 Å². The Balaban J connectivity index is 3.01. The first-order chi connectivity index (χ1) is 7.49. The fourth-order valence-electron chi connectivity index (χ4n) is 1.20. The fourth-order valence-corrected chi connectivity index (χ4v) is 1.20. The Hall–Kier alpha value is -1.92. The number of hydrogen-bond donors (Lipinski definition) is 1. The van der Waals surface area contributed by atoms with Crippen molar-refractivity contribution in [3.8, 4) is 0 Å². The number of nitrogens with zero attached hydrogens (tertiary/aromatic N) is 3. The maximum Gasteiger partial charge on any atom is 0.360 e. The first-order valence-corrected chi connectivity index (χ1v) is 4.80. The summed E-state index contributed by atoms with van der Waals surface area (Å²) < 4.78 is 5.94. The molecule has 0 aliphatic carbocycles. The molecule has 0 amide bonds. The van der Waals surface area contributed by atoms with Gasteiger partial charge in [0, 0.05) is 0 Å². The molecule has 0 aromatic carbocycles. The number of carboxylic acids is 1. The normalized spacial score (nSPS) is 12.2. The van der Waals surface area contributed by atoms with Gasteiger partial charge in [0.25, 0.3) is 0 Å². The Morgan fingerprint density at radius 3 is 2.69 bits per heavy atom. The first kappa shape index (κ1) is 12.2. The molecule has 1 heterocycles. The largest absolute Gasteiger partial charge is 0.480 e. The third-order valence-electron chi connectivity index (χ3n) is 2.12. The molecule has 1 rings (SSSR count). The minimum atomic E-state index is -1.04. The van der Waals surface area contributed by atoms with Gasteiger partial charge in [0.05, 0.1) is 12.3 Å². The van der Waals surface area contributed by atoms with Gasteiger partial charge in [0.15, 0.2) is 5.69 Å². The van der Waals surface area contributed by atoms with E-state index >= 15 is 0 Å². The van der Waals surface area contributed by atoms with E-state index in [-0.39, 0.29) is 12.3 Å². The predicted molar refractivity (Wildman–Crippen MR) is 53.1 cm³/mol. The number of carboxylic acid groups (broad SMARTS) is 1. The number of aromatic nitrogens is 3. The molecule has 0 aliphatic heterocycles. The van der Waals surface area contributed by atoms with Crippen LogP contribution in [0.3, 0.4) is 0 Å². The van der Waals surface area contributed by atoms with E-state index in [4.69, 9.17) is 9.84 Å². The van der Waals surface area contributed by atoms with Crippen LogP contribution in [0, 0.1) is 6.92 Å². The smallest absolute Gasteiger partial charge is 0.360 e. The summed E-state index contributed by atoms with van der Waals surface area (Å²) >= 11 is 0. The molecule has 0 saturated carbocycles. The van der Waals surface area contributed by atoms with Gasteiger partial charge in [-0.3, -0.25) is 0 Å². The molecule has 88 valence electrons. The molecule has 0 radical (unpaired) electrons. The zero-order valence-corrected chi connectivity index (χ0v) is 9.30. The average Bonchev–Trinajstić information content (AvgIpc) is 2.59. The zero-order chi connectivity index (χ0) is 12.3. The van der Waals surface area contributed by atoms with E-state index in [2.05, 4.69) is 10.3 Å². The Kier molecular flexibility index (Phi) is 3.60. The molecule has 1 N–H and O–H groups in total. The standard InChI is InChI=1S/C9H13N3O4/c1-4-16-9(15)7-5(2)12(11-10-7)6(3)8(13)14/h6H,4H2,1-3H3,(H,13,14). The molecular weight excluding hydrogens is 214 g/mol. The van der Waals surface area contributed by atoms with Crippen molar-refractivity contribution in [2.75, 3.05) is 6.61 Å². The topological polar surface area (TPSA) is 94.3 Å². The van der Waals surface area contributed by atoms with Crippen LogP contribution in [-0.2, 0) is 9.53 Å². The minimum absolute atomic E-state index is 0.0509. The van der Waals surface area contributed by atoms with Crippen LogP contribution in [0.1, 0.15) is 36.1 Å². The van der Waals surface area contributed by atoms with E-state index in [0.29, 0.717) is 5.69 Å². The van der Waals surface area contributed by atoms with Gasteiger partial charge in [-0.15, -0.1) is 5.10 Å². The number of hydrogen-bond acceptors (Lipinski definition) is 5. The molecule has 0 fully saturated rings. The predicted octanol–water partition coefficient (Wildman–Crippen LogP) is 0.409. The third-order valence-corrected chi connectivity index (χ3v) is 2.12. The van der Waals surface area contributed by atoms with Crippen molar-refractivity contribution < 1.29 is 19.4 Å². The Labute approximate surface area is 92.0 Å². The fraction of sp³-hybridized carbons (Fsp3) is 0.556. The van der Waals surface area contributed by atoms with Crippen molar-refractivity contribution >= 4 is 11.9 Å². The van der Waals surface area contributed by atoms with Gasteiger partial charge in [0.2, 0.25) is 0 Å². The molecule has 7 heteroatoms. The maximum absolute atomic E-state index is 11.4. The van der Waals surface area contributed by atoms with Crippen molar-refractivity contribution in [2.45, 2.75) is 26.8 Å². The van der Waals surface area contributed by atoms with Gasteiger partial charge in [-0.25, -0.2) is 14.3 Å². The van der Waals surface area contributed by atoms with Crippen molar-refractivity contribution in [1.29, 1.82) is 0 Å². The first-order valence-electron chi connectivity index (χ1n) is 4.80. The van der Waals surface area contributed by atoms with Crippen molar-refractivity contribution in [3.05, 3.63) is 11.4 Å². The van der Waals surface area contributed by atoms with E-state index in [0.717, 1.165) is 0 Å². The summed E-state index contributed by atoms with van der Waals surface area (Å²) in [6.45, 7) is 4.95. The van der Waals surface area contributed by atoms with Gasteiger partial charge < -0.3 is 9.84 Å². The molecule has 1 aromatic heterocycles. The second-order valence-corrected chi connectivity index (χ2v) is 3.20. The lowest BCUT2D eigenvalue weighted by Gasteiger charge is -2.07. The number of rotatable bonds is 4. The second-order valence-electron chi connectivity index (χ2n) is 3.20. The molecule has 1 aromatic rings. The van der Waals surface area contributed by atoms with Crippen molar-refractivity contribution in [3.63, 3.8) is 0 Å². The summed E-state index contributed by atoms with van der Waals surface area (Å²) in [7, 11) is 0. The lowest BCUT2D eigenvalue weighted by molar-refractivity contribution is -0.140. The third kappa shape index (κ3) is 2.18. The molecular formula is C9H13N3O4. The van der Waals surface area contributed by atoms with E-state index < -0.39 is 18.0 Å². The molecule has 0 saturated heterocycles. The quantitative estimate of drug-likeness (QED) is 0.748. The van der Waals surface area contributed by atoms with E-state index in [1.54, 1.807) is 13.8 Å². The summed E-state index contributed by atoms with van der Waals surface area (Å²) in [5.74, 6) is -1.63. The van der Waals surface area contributed by atoms with Crippen LogP contribution in [0.2, 0.25) is 0 Å². The highest BCUT2D eigenvalue weighted by Gasteiger charge is 2.23. The highest BCUT2D eigenvalue weighted by Crippen LogP contribution is 2.11. The molecule has 0 spiro atoms. The van der Waals surface area contributed by atoms with Crippen LogP contribution in [0.4, 0.5) is 0 Å². The number of esters is 1. The van der Waals surface area contributed by atoms with Gasteiger partial charge in [-0.05, 0) is 20.8 Å². The molecule has 7 nitrogen and oxygen atoms in total. The summed E-state index contributed by atoms with van der Waals surface area (Å²) in [5, 5.41) is 16.0. The van der Waals surface area contributed by atoms with Gasteiger partial charge >= 0.3 is 11.9 Å². The lowest BCUT2D eigenvalue weighted by Crippen LogP contribution is -2.18. The Morgan fingerprint density at radius 1 is 1.56 bits per heavy atom. The number of aliphatic carboxylic acids is 1.